The van der Waals surface area contributed by atoms with Gasteiger partial charge in [0.1, 0.15) is 11.9 Å². The third kappa shape index (κ3) is 8.83. The number of likely N-dealkylation sites (N-methyl/N-ethyl adjacent to an activating group) is 1. The van der Waals surface area contributed by atoms with Crippen LogP contribution >= 0.6 is 0 Å². The minimum Gasteiger partial charge on any atom is -0.506 e. The maximum absolute atomic E-state index is 14.0. The summed E-state index contributed by atoms with van der Waals surface area (Å²) in [4.78, 5) is 60.7. The molecule has 296 valence electrons. The Morgan fingerprint density at radius 2 is 1.62 bits per heavy atom. The second kappa shape index (κ2) is 17.4. The van der Waals surface area contributed by atoms with Crippen LogP contribution in [0.25, 0.3) is 10.9 Å². The van der Waals surface area contributed by atoms with Gasteiger partial charge in [-0.2, -0.15) is 0 Å². The number of likely N-dealkylation sites (tertiary alicyclic amines) is 1. The van der Waals surface area contributed by atoms with Gasteiger partial charge in [-0.05, 0) is 92.0 Å². The van der Waals surface area contributed by atoms with E-state index in [1.54, 1.807) is 24.1 Å². The zero-order chi connectivity index (χ0) is 39.2. The number of nitrogens with one attached hydrogen (secondary N) is 2. The van der Waals surface area contributed by atoms with E-state index >= 15 is 0 Å². The van der Waals surface area contributed by atoms with E-state index in [1.807, 2.05) is 59.5 Å². The molecule has 4 aromatic rings. The van der Waals surface area contributed by atoms with Crippen LogP contribution in [-0.2, 0) is 37.4 Å². The van der Waals surface area contributed by atoms with Gasteiger partial charge in [-0.3, -0.25) is 24.1 Å². The molecule has 5 heterocycles. The summed E-state index contributed by atoms with van der Waals surface area (Å²) < 4.78 is 6.30. The van der Waals surface area contributed by atoms with Crippen LogP contribution in [0.5, 0.6) is 5.75 Å². The summed E-state index contributed by atoms with van der Waals surface area (Å²) in [6, 6.07) is 23.6. The zero-order valence-corrected chi connectivity index (χ0v) is 32.1. The molecule has 8 rings (SSSR count). The monoisotopic (exact) mass is 763 g/mol. The maximum atomic E-state index is 14.0. The van der Waals surface area contributed by atoms with Crippen LogP contribution in [0.3, 0.4) is 0 Å². The average Bonchev–Trinajstić information content (AvgIpc) is 3.22. The first-order chi connectivity index (χ1) is 27.1. The van der Waals surface area contributed by atoms with Gasteiger partial charge in [0.15, 0.2) is 0 Å². The van der Waals surface area contributed by atoms with Crippen molar-refractivity contribution in [2.45, 2.75) is 62.6 Å². The SMILES string of the molecule is CN(CCCNC[C@H](O)c1ccc(O)c2[nH]c(=O)ccc12)C(=O)Cc1ccc(CC(=O)N2CCC(C(=O)O[C@H]3CN4CCC3CC4)(c3ccccc3)CC2)cc1. The Hall–Kier alpha value is -5.04. The highest BCUT2D eigenvalue weighted by atomic mass is 16.5. The number of rotatable bonds is 14. The number of esters is 1. The first-order valence-corrected chi connectivity index (χ1v) is 19.9. The van der Waals surface area contributed by atoms with Crippen molar-refractivity contribution < 1.29 is 29.3 Å². The summed E-state index contributed by atoms with van der Waals surface area (Å²) in [6.07, 6.45) is 3.48. The highest BCUT2D eigenvalue weighted by molar-refractivity contribution is 5.87. The van der Waals surface area contributed by atoms with Gasteiger partial charge >= 0.3 is 5.97 Å². The van der Waals surface area contributed by atoms with Crippen molar-refractivity contribution in [3.05, 3.63) is 111 Å². The minimum absolute atomic E-state index is 0.0133. The lowest BCUT2D eigenvalue weighted by Crippen LogP contribution is -2.55. The standard InChI is InChI=1S/C44H53N5O7/c1-47(21-5-20-45-28-37(51)34-12-14-36(50)42-35(34)13-15-39(52)46-42)40(53)26-30-8-10-31(11-9-30)27-41(54)49-24-18-44(19-25-49,33-6-3-2-4-7-33)43(55)56-38-29-48-22-16-32(38)17-23-48/h2-4,6-15,32,37-38,45,50-51H,5,16-29H2,1H3,(H,46,52)/t37-,38-/m0/s1. The molecule has 0 saturated carbocycles. The van der Waals surface area contributed by atoms with Crippen molar-refractivity contribution in [3.63, 3.8) is 0 Å². The van der Waals surface area contributed by atoms with E-state index in [2.05, 4.69) is 15.2 Å². The number of phenolic OH excluding ortho intramolecular Hbond substituents is 1. The Labute approximate surface area is 327 Å². The predicted octanol–water partition coefficient (Wildman–Crippen LogP) is 3.69. The summed E-state index contributed by atoms with van der Waals surface area (Å²) in [6.45, 7) is 5.34. The van der Waals surface area contributed by atoms with Crippen molar-refractivity contribution in [1.29, 1.82) is 0 Å². The van der Waals surface area contributed by atoms with E-state index in [4.69, 9.17) is 4.74 Å². The molecule has 0 radical (unpaired) electrons. The number of H-pyrrole nitrogens is 1. The number of aromatic hydroxyl groups is 1. The molecule has 0 aliphatic carbocycles. The molecule has 2 bridgehead atoms. The van der Waals surface area contributed by atoms with Crippen molar-refractivity contribution in [2.75, 3.05) is 59.4 Å². The van der Waals surface area contributed by atoms with E-state index in [9.17, 15) is 29.4 Å². The number of pyridine rings is 1. The number of hydrogen-bond acceptors (Lipinski definition) is 9. The predicted molar refractivity (Wildman–Crippen MR) is 213 cm³/mol. The van der Waals surface area contributed by atoms with Crippen molar-refractivity contribution in [3.8, 4) is 5.75 Å². The molecule has 2 amide bonds. The number of benzene rings is 3. The number of carbonyl (C=O) groups excluding carboxylic acids is 3. The van der Waals surface area contributed by atoms with Crippen LogP contribution < -0.4 is 10.9 Å². The molecule has 12 nitrogen and oxygen atoms in total. The number of aromatic amines is 1. The molecular weight excluding hydrogens is 711 g/mol. The minimum atomic E-state index is -0.851. The summed E-state index contributed by atoms with van der Waals surface area (Å²) in [7, 11) is 1.77. The molecule has 4 fully saturated rings. The number of amides is 2. The fraction of sp³-hybridized carbons (Fsp3) is 0.455. The number of ether oxygens (including phenoxy) is 1. The maximum Gasteiger partial charge on any atom is 0.317 e. The van der Waals surface area contributed by atoms with Crippen LogP contribution in [0, 0.1) is 5.92 Å². The van der Waals surface area contributed by atoms with E-state index in [0.29, 0.717) is 67.8 Å². The van der Waals surface area contributed by atoms with Gasteiger partial charge in [0.05, 0.1) is 29.9 Å². The lowest BCUT2D eigenvalue weighted by molar-refractivity contribution is -0.168. The van der Waals surface area contributed by atoms with Crippen LogP contribution in [0.2, 0.25) is 0 Å². The molecular formula is C44H53N5O7. The average molecular weight is 764 g/mol. The lowest BCUT2D eigenvalue weighted by Gasteiger charge is -2.46. The highest BCUT2D eigenvalue weighted by Gasteiger charge is 2.47. The van der Waals surface area contributed by atoms with Crippen LogP contribution in [0.15, 0.2) is 83.7 Å². The molecule has 0 unspecified atom stereocenters. The molecule has 56 heavy (non-hydrogen) atoms. The van der Waals surface area contributed by atoms with E-state index in [1.165, 1.54) is 12.1 Å². The molecule has 4 N–H and O–H groups in total. The summed E-state index contributed by atoms with van der Waals surface area (Å²) in [5, 5.41) is 24.7. The topological polar surface area (TPSA) is 156 Å². The van der Waals surface area contributed by atoms with Gasteiger partial charge in [-0.1, -0.05) is 60.7 Å². The lowest BCUT2D eigenvalue weighted by atomic mass is 9.72. The molecule has 1 aromatic heterocycles. The molecule has 2 atom stereocenters. The van der Waals surface area contributed by atoms with Gasteiger partial charge < -0.3 is 35.1 Å². The van der Waals surface area contributed by atoms with Gasteiger partial charge in [-0.25, -0.2) is 0 Å². The van der Waals surface area contributed by atoms with Crippen LogP contribution in [0.4, 0.5) is 0 Å². The summed E-state index contributed by atoms with van der Waals surface area (Å²) >= 11 is 0. The van der Waals surface area contributed by atoms with Gasteiger partial charge in [0.2, 0.25) is 17.4 Å². The fourth-order valence-electron chi connectivity index (χ4n) is 8.64. The first-order valence-electron chi connectivity index (χ1n) is 19.9. The van der Waals surface area contributed by atoms with Crippen LogP contribution in [0.1, 0.15) is 60.5 Å². The number of aliphatic hydroxyl groups excluding tert-OH is 1. The molecule has 12 heteroatoms. The molecule has 4 aliphatic heterocycles. The molecule has 4 aliphatic rings. The summed E-state index contributed by atoms with van der Waals surface area (Å²) in [5.41, 5.74) is 2.50. The number of piperidine rings is 4. The van der Waals surface area contributed by atoms with Gasteiger partial charge in [-0.15, -0.1) is 0 Å². The van der Waals surface area contributed by atoms with E-state index in [0.717, 1.165) is 49.2 Å². The number of nitrogens with zero attached hydrogens (tertiary/aromatic N) is 3. The number of aliphatic hydroxyl groups is 1. The second-order valence-electron chi connectivity index (χ2n) is 15.8. The van der Waals surface area contributed by atoms with Gasteiger partial charge in [0.25, 0.3) is 0 Å². The smallest absolute Gasteiger partial charge is 0.317 e. The third-order valence-corrected chi connectivity index (χ3v) is 12.2. The summed E-state index contributed by atoms with van der Waals surface area (Å²) in [5.74, 6) is 0.233. The molecule has 4 saturated heterocycles. The number of fused-ring (bicyclic) bond motifs is 4. The van der Waals surface area contributed by atoms with Crippen LogP contribution in [-0.4, -0.2) is 113 Å². The number of aromatic nitrogens is 1. The molecule has 3 aromatic carbocycles. The quantitative estimate of drug-likeness (QED) is 0.111. The van der Waals surface area contributed by atoms with E-state index < -0.39 is 11.5 Å². The normalized spacial score (nSPS) is 20.8. The second-order valence-corrected chi connectivity index (χ2v) is 15.8. The number of hydrogen-bond donors (Lipinski definition) is 4. The number of phenols is 1. The number of carbonyl (C=O) groups is 3. The van der Waals surface area contributed by atoms with Crippen molar-refractivity contribution in [1.82, 2.24) is 25.0 Å². The Balaban J connectivity index is 0.845. The van der Waals surface area contributed by atoms with Gasteiger partial charge in [0, 0.05) is 51.2 Å². The molecule has 0 spiro atoms. The Bertz CT molecular complexity index is 2050. The highest BCUT2D eigenvalue weighted by Crippen LogP contribution is 2.39. The first kappa shape index (κ1) is 39.2. The Morgan fingerprint density at radius 1 is 0.929 bits per heavy atom. The fourth-order valence-corrected chi connectivity index (χ4v) is 8.64. The zero-order valence-electron chi connectivity index (χ0n) is 32.1. The third-order valence-electron chi connectivity index (χ3n) is 12.2. The Morgan fingerprint density at radius 3 is 2.30 bits per heavy atom. The van der Waals surface area contributed by atoms with E-state index in [-0.39, 0.29) is 54.6 Å². The largest absolute Gasteiger partial charge is 0.506 e. The van der Waals surface area contributed by atoms with Crippen molar-refractivity contribution >= 4 is 28.7 Å². The van der Waals surface area contributed by atoms with Crippen molar-refractivity contribution in [2.24, 2.45) is 5.92 Å². The Kier molecular flexibility index (Phi) is 12.2.